The van der Waals surface area contributed by atoms with Crippen LogP contribution >= 0.6 is 0 Å². The van der Waals surface area contributed by atoms with E-state index in [1.165, 1.54) is 52.0 Å². The van der Waals surface area contributed by atoms with Crippen LogP contribution in [0.3, 0.4) is 0 Å². The maximum Gasteiger partial charge on any atom is 0.0539 e. The first-order valence-electron chi connectivity index (χ1n) is 10.6. The average molecular weight is 389 g/mol. The van der Waals surface area contributed by atoms with Gasteiger partial charge in [0, 0.05) is 36.1 Å². The number of piperidine rings is 1. The molecule has 2 aromatic heterocycles. The van der Waals surface area contributed by atoms with Crippen LogP contribution in [0.15, 0.2) is 48.8 Å². The van der Waals surface area contributed by atoms with Crippen LogP contribution in [0.4, 0.5) is 0 Å². The van der Waals surface area contributed by atoms with Crippen LogP contribution in [0.5, 0.6) is 0 Å². The van der Waals surface area contributed by atoms with Crippen molar-refractivity contribution in [1.29, 1.82) is 0 Å². The zero-order chi connectivity index (χ0) is 20.4. The number of benzene rings is 1. The normalized spacial score (nSPS) is 15.9. The van der Waals surface area contributed by atoms with E-state index >= 15 is 0 Å². The zero-order valence-corrected chi connectivity index (χ0v) is 18.1. The summed E-state index contributed by atoms with van der Waals surface area (Å²) in [6.07, 6.45) is 6.22. The third-order valence-corrected chi connectivity index (χ3v) is 6.05. The fourth-order valence-electron chi connectivity index (χ4n) is 4.46. The topological polar surface area (TPSA) is 35.2 Å². The van der Waals surface area contributed by atoms with Gasteiger partial charge in [-0.25, -0.2) is 0 Å². The fraction of sp³-hybridized carbons (Fsp3) is 0.400. The summed E-state index contributed by atoms with van der Waals surface area (Å²) in [6, 6.07) is 13.2. The molecular weight excluding hydrogens is 356 g/mol. The first kappa shape index (κ1) is 19.9. The van der Waals surface area contributed by atoms with E-state index < -0.39 is 0 Å². The Morgan fingerprint density at radius 2 is 1.66 bits per heavy atom. The number of rotatable bonds is 5. The summed E-state index contributed by atoms with van der Waals surface area (Å²) in [7, 11) is 6.55. The second-order valence-corrected chi connectivity index (χ2v) is 8.68. The molecule has 1 fully saturated rings. The van der Waals surface area contributed by atoms with Gasteiger partial charge in [0.05, 0.1) is 5.69 Å². The van der Waals surface area contributed by atoms with Gasteiger partial charge in [-0.2, -0.15) is 0 Å². The first-order chi connectivity index (χ1) is 14.0. The lowest BCUT2D eigenvalue weighted by atomic mass is 9.89. The van der Waals surface area contributed by atoms with Gasteiger partial charge in [0.25, 0.3) is 0 Å². The highest BCUT2D eigenvalue weighted by Gasteiger charge is 2.27. The van der Waals surface area contributed by atoms with Crippen LogP contribution in [0, 0.1) is 6.92 Å². The van der Waals surface area contributed by atoms with Crippen molar-refractivity contribution in [2.24, 2.45) is 0 Å². The Bertz CT molecular complexity index is 933. The molecule has 4 rings (SSSR count). The van der Waals surface area contributed by atoms with Crippen LogP contribution < -0.4 is 0 Å². The number of H-pyrrole nitrogens is 1. The summed E-state index contributed by atoms with van der Waals surface area (Å²) in [5.41, 5.74) is 9.21. The van der Waals surface area contributed by atoms with Crippen LogP contribution in [0.1, 0.15) is 35.6 Å². The lowest BCUT2D eigenvalue weighted by Crippen LogP contribution is -2.30. The van der Waals surface area contributed by atoms with Gasteiger partial charge in [-0.3, -0.25) is 4.98 Å². The van der Waals surface area contributed by atoms with Gasteiger partial charge < -0.3 is 14.8 Å². The summed E-state index contributed by atoms with van der Waals surface area (Å²) in [5.74, 6) is 0.584. The largest absolute Gasteiger partial charge is 0.357 e. The molecule has 1 aromatic carbocycles. The van der Waals surface area contributed by atoms with Gasteiger partial charge in [-0.15, -0.1) is 0 Å². The van der Waals surface area contributed by atoms with Gasteiger partial charge >= 0.3 is 0 Å². The molecule has 4 heteroatoms. The van der Waals surface area contributed by atoms with Crippen LogP contribution in [-0.2, 0) is 6.54 Å². The summed E-state index contributed by atoms with van der Waals surface area (Å²) in [6.45, 7) is 5.40. The monoisotopic (exact) mass is 388 g/mol. The van der Waals surface area contributed by atoms with E-state index in [1.807, 2.05) is 12.4 Å². The maximum atomic E-state index is 4.25. The predicted molar refractivity (Wildman–Crippen MR) is 121 cm³/mol. The number of hydrogen-bond donors (Lipinski definition) is 1. The molecule has 0 spiro atoms. The van der Waals surface area contributed by atoms with Crippen LogP contribution in [0.2, 0.25) is 0 Å². The Labute approximate surface area is 174 Å². The minimum Gasteiger partial charge on any atom is -0.357 e. The molecule has 0 unspecified atom stereocenters. The number of pyridine rings is 1. The van der Waals surface area contributed by atoms with Crippen molar-refractivity contribution in [3.8, 4) is 22.4 Å². The number of nitrogens with one attached hydrogen (secondary N) is 1. The SMILES string of the molecule is Cc1ccc(-c2[nH]c(C3CCN(C)CC3)c(CN(C)C)c2-c2ccncc2)cc1. The Balaban J connectivity index is 1.90. The molecule has 0 radical (unpaired) electrons. The Morgan fingerprint density at radius 3 is 2.28 bits per heavy atom. The van der Waals surface area contributed by atoms with Crippen molar-refractivity contribution in [1.82, 2.24) is 19.8 Å². The van der Waals surface area contributed by atoms with Crippen LogP contribution in [0.25, 0.3) is 22.4 Å². The molecule has 1 N–H and O–H groups in total. The van der Waals surface area contributed by atoms with E-state index in [1.54, 1.807) is 0 Å². The molecule has 0 saturated carbocycles. The molecule has 1 aliphatic rings. The maximum absolute atomic E-state index is 4.25. The van der Waals surface area contributed by atoms with Gasteiger partial charge in [0.2, 0.25) is 0 Å². The summed E-state index contributed by atoms with van der Waals surface area (Å²) in [5, 5.41) is 0. The molecule has 152 valence electrons. The Hall–Kier alpha value is -2.43. The van der Waals surface area contributed by atoms with Crippen LogP contribution in [-0.4, -0.2) is 54.0 Å². The minimum absolute atomic E-state index is 0.584. The van der Waals surface area contributed by atoms with Gasteiger partial charge in [-0.1, -0.05) is 29.8 Å². The Kier molecular flexibility index (Phi) is 5.84. The summed E-state index contributed by atoms with van der Waals surface area (Å²) >= 11 is 0. The third-order valence-electron chi connectivity index (χ3n) is 6.05. The molecule has 0 amide bonds. The number of aromatic nitrogens is 2. The van der Waals surface area contributed by atoms with E-state index in [4.69, 9.17) is 0 Å². The molecule has 0 aliphatic carbocycles. The predicted octanol–water partition coefficient (Wildman–Crippen LogP) is 4.92. The van der Waals surface area contributed by atoms with E-state index in [9.17, 15) is 0 Å². The van der Waals surface area contributed by atoms with E-state index in [-0.39, 0.29) is 0 Å². The van der Waals surface area contributed by atoms with E-state index in [0.717, 1.165) is 19.6 Å². The number of aromatic amines is 1. The van der Waals surface area contributed by atoms with Crippen molar-refractivity contribution in [3.63, 3.8) is 0 Å². The van der Waals surface area contributed by atoms with Gasteiger partial charge in [0.15, 0.2) is 0 Å². The molecular formula is C25H32N4. The van der Waals surface area contributed by atoms with Crippen molar-refractivity contribution >= 4 is 0 Å². The summed E-state index contributed by atoms with van der Waals surface area (Å²) < 4.78 is 0. The first-order valence-corrected chi connectivity index (χ1v) is 10.6. The average Bonchev–Trinajstić information content (AvgIpc) is 3.08. The molecule has 29 heavy (non-hydrogen) atoms. The van der Waals surface area contributed by atoms with E-state index in [0.29, 0.717) is 5.92 Å². The van der Waals surface area contributed by atoms with Gasteiger partial charge in [0.1, 0.15) is 0 Å². The molecule has 1 saturated heterocycles. The highest BCUT2D eigenvalue weighted by molar-refractivity contribution is 5.85. The van der Waals surface area contributed by atoms with Crippen molar-refractivity contribution in [3.05, 3.63) is 65.6 Å². The highest BCUT2D eigenvalue weighted by Crippen LogP contribution is 2.41. The number of likely N-dealkylation sites (tertiary alicyclic amines) is 1. The second-order valence-electron chi connectivity index (χ2n) is 8.68. The smallest absolute Gasteiger partial charge is 0.0539 e. The Morgan fingerprint density at radius 1 is 1.00 bits per heavy atom. The zero-order valence-electron chi connectivity index (χ0n) is 18.1. The minimum atomic E-state index is 0.584. The van der Waals surface area contributed by atoms with E-state index in [2.05, 4.69) is 84.2 Å². The highest BCUT2D eigenvalue weighted by atomic mass is 15.1. The molecule has 1 aliphatic heterocycles. The number of nitrogens with zero attached hydrogens (tertiary/aromatic N) is 3. The number of aryl methyl sites for hydroxylation is 1. The molecule has 3 heterocycles. The molecule has 4 nitrogen and oxygen atoms in total. The summed E-state index contributed by atoms with van der Waals surface area (Å²) in [4.78, 5) is 12.9. The molecule has 0 atom stereocenters. The van der Waals surface area contributed by atoms with Gasteiger partial charge in [-0.05, 0) is 82.8 Å². The lowest BCUT2D eigenvalue weighted by molar-refractivity contribution is 0.252. The third kappa shape index (κ3) is 4.29. The molecule has 3 aromatic rings. The van der Waals surface area contributed by atoms with Crippen molar-refractivity contribution < 1.29 is 0 Å². The number of hydrogen-bond acceptors (Lipinski definition) is 3. The quantitative estimate of drug-likeness (QED) is 0.674. The molecule has 0 bridgehead atoms. The lowest BCUT2D eigenvalue weighted by Gasteiger charge is -2.29. The van der Waals surface area contributed by atoms with Crippen molar-refractivity contribution in [2.75, 3.05) is 34.2 Å². The second kappa shape index (κ2) is 8.52. The standard InChI is InChI=1S/C25H32N4/c1-18-5-7-20(8-6-18)25-23(19-9-13-26-14-10-19)22(17-28(2)3)24(27-25)21-11-15-29(4)16-12-21/h5-10,13-14,21,27H,11-12,15-17H2,1-4H3. The fourth-order valence-corrected chi connectivity index (χ4v) is 4.46. The van der Waals surface area contributed by atoms with Crippen molar-refractivity contribution in [2.45, 2.75) is 32.2 Å².